The largest absolute Gasteiger partial charge is 0.376 e. The van der Waals surface area contributed by atoms with Crippen molar-refractivity contribution >= 4 is 10.0 Å². The molecule has 0 aromatic heterocycles. The van der Waals surface area contributed by atoms with Crippen LogP contribution in [-0.2, 0) is 20.5 Å². The SMILES string of the molecule is COC1(CNS(=O)(=O)Cc2cc(F)ccc2F)C2CC3CC(C2)CC1C3. The van der Waals surface area contributed by atoms with Gasteiger partial charge in [0.15, 0.2) is 0 Å². The van der Waals surface area contributed by atoms with Gasteiger partial charge in [-0.25, -0.2) is 21.9 Å². The van der Waals surface area contributed by atoms with Crippen molar-refractivity contribution in [1.82, 2.24) is 4.72 Å². The zero-order valence-electron chi connectivity index (χ0n) is 14.9. The highest BCUT2D eigenvalue weighted by Gasteiger charge is 2.57. The van der Waals surface area contributed by atoms with E-state index in [4.69, 9.17) is 4.74 Å². The molecule has 4 nitrogen and oxygen atoms in total. The lowest BCUT2D eigenvalue weighted by Gasteiger charge is -2.60. The molecule has 4 aliphatic carbocycles. The first kappa shape index (κ1) is 18.3. The van der Waals surface area contributed by atoms with E-state index in [9.17, 15) is 17.2 Å². The number of halogens is 2. The van der Waals surface area contributed by atoms with Crippen molar-refractivity contribution in [3.05, 3.63) is 35.4 Å². The molecule has 26 heavy (non-hydrogen) atoms. The Hall–Kier alpha value is -1.05. The predicted octanol–water partition coefficient (Wildman–Crippen LogP) is 3.23. The van der Waals surface area contributed by atoms with Crippen LogP contribution in [0.3, 0.4) is 0 Å². The lowest BCUT2D eigenvalue weighted by Crippen LogP contribution is -2.63. The summed E-state index contributed by atoms with van der Waals surface area (Å²) >= 11 is 0. The molecule has 0 radical (unpaired) electrons. The summed E-state index contributed by atoms with van der Waals surface area (Å²) in [5.41, 5.74) is -0.630. The van der Waals surface area contributed by atoms with Crippen molar-refractivity contribution in [3.63, 3.8) is 0 Å². The Morgan fingerprint density at radius 1 is 1.12 bits per heavy atom. The highest BCUT2D eigenvalue weighted by Crippen LogP contribution is 2.59. The maximum absolute atomic E-state index is 13.8. The summed E-state index contributed by atoms with van der Waals surface area (Å²) in [6.07, 6.45) is 5.70. The Labute approximate surface area is 153 Å². The third kappa shape index (κ3) is 3.18. The number of nitrogens with one attached hydrogen (secondary N) is 1. The molecule has 5 rings (SSSR count). The summed E-state index contributed by atoms with van der Waals surface area (Å²) in [4.78, 5) is 0. The Morgan fingerprint density at radius 3 is 2.31 bits per heavy atom. The molecule has 0 aliphatic heterocycles. The Bertz CT molecular complexity index is 768. The van der Waals surface area contributed by atoms with E-state index in [1.165, 1.54) is 6.42 Å². The van der Waals surface area contributed by atoms with Gasteiger partial charge in [0.2, 0.25) is 10.0 Å². The molecule has 4 fully saturated rings. The zero-order chi connectivity index (χ0) is 18.5. The molecule has 1 N–H and O–H groups in total. The van der Waals surface area contributed by atoms with Crippen LogP contribution in [0.5, 0.6) is 0 Å². The van der Waals surface area contributed by atoms with Crippen molar-refractivity contribution in [2.24, 2.45) is 23.7 Å². The second kappa shape index (κ2) is 6.53. The number of sulfonamides is 1. The minimum atomic E-state index is -3.79. The van der Waals surface area contributed by atoms with E-state index in [0.29, 0.717) is 11.8 Å². The molecule has 4 saturated carbocycles. The number of hydrogen-bond acceptors (Lipinski definition) is 3. The van der Waals surface area contributed by atoms with E-state index in [1.807, 2.05) is 0 Å². The third-order valence-corrected chi connectivity index (χ3v) is 8.10. The molecule has 144 valence electrons. The highest BCUT2D eigenvalue weighted by atomic mass is 32.2. The van der Waals surface area contributed by atoms with Gasteiger partial charge in [0.1, 0.15) is 11.6 Å². The number of ether oxygens (including phenoxy) is 1. The van der Waals surface area contributed by atoms with Crippen LogP contribution in [0.15, 0.2) is 18.2 Å². The van der Waals surface area contributed by atoms with Crippen molar-refractivity contribution in [2.75, 3.05) is 13.7 Å². The Morgan fingerprint density at radius 2 is 1.73 bits per heavy atom. The lowest BCUT2D eigenvalue weighted by molar-refractivity contribution is -0.185. The summed E-state index contributed by atoms with van der Waals surface area (Å²) < 4.78 is 60.7. The van der Waals surface area contributed by atoms with Crippen LogP contribution in [0.1, 0.15) is 37.7 Å². The lowest BCUT2D eigenvalue weighted by atomic mass is 9.50. The van der Waals surface area contributed by atoms with E-state index in [2.05, 4.69) is 4.72 Å². The Kier molecular flexibility index (Phi) is 4.60. The van der Waals surface area contributed by atoms with Crippen molar-refractivity contribution in [2.45, 2.75) is 43.5 Å². The maximum atomic E-state index is 13.8. The first-order chi connectivity index (χ1) is 12.3. The maximum Gasteiger partial charge on any atom is 0.215 e. The highest BCUT2D eigenvalue weighted by molar-refractivity contribution is 7.88. The van der Waals surface area contributed by atoms with Crippen LogP contribution in [0.2, 0.25) is 0 Å². The number of benzene rings is 1. The Balaban J connectivity index is 1.49. The normalized spacial score (nSPS) is 35.8. The number of hydrogen-bond donors (Lipinski definition) is 1. The van der Waals surface area contributed by atoms with Crippen molar-refractivity contribution < 1.29 is 21.9 Å². The monoisotopic (exact) mass is 385 g/mol. The van der Waals surface area contributed by atoms with Crippen LogP contribution in [0, 0.1) is 35.3 Å². The molecular weight excluding hydrogens is 360 g/mol. The van der Waals surface area contributed by atoms with Gasteiger partial charge < -0.3 is 4.74 Å². The fraction of sp³-hybridized carbons (Fsp3) is 0.684. The standard InChI is InChI=1S/C19H25F2NO3S/c1-25-19(15-5-12-4-13(7-15)8-16(19)6-12)11-22-26(23,24)10-14-9-17(20)2-3-18(14)21/h2-3,9,12-13,15-16,22H,4-8,10-11H2,1H3. The fourth-order valence-corrected chi connectivity index (χ4v) is 6.99. The predicted molar refractivity (Wildman–Crippen MR) is 93.8 cm³/mol. The molecule has 1 aromatic carbocycles. The average molecular weight is 385 g/mol. The number of methoxy groups -OCH3 is 1. The minimum absolute atomic E-state index is 0.158. The first-order valence-corrected chi connectivity index (χ1v) is 10.9. The molecule has 0 spiro atoms. The molecule has 1 aromatic rings. The second-order valence-electron chi connectivity index (χ2n) is 8.28. The summed E-state index contributed by atoms with van der Waals surface area (Å²) in [6, 6.07) is 2.87. The summed E-state index contributed by atoms with van der Waals surface area (Å²) in [7, 11) is -2.12. The van der Waals surface area contributed by atoms with Crippen LogP contribution in [0.4, 0.5) is 8.78 Å². The molecule has 0 atom stereocenters. The van der Waals surface area contributed by atoms with E-state index in [1.54, 1.807) is 7.11 Å². The van der Waals surface area contributed by atoms with Gasteiger partial charge >= 0.3 is 0 Å². The van der Waals surface area contributed by atoms with Gasteiger partial charge in [0, 0.05) is 19.2 Å². The van der Waals surface area contributed by atoms with Crippen LogP contribution < -0.4 is 4.72 Å². The van der Waals surface area contributed by atoms with Crippen LogP contribution >= 0.6 is 0 Å². The van der Waals surface area contributed by atoms with E-state index >= 15 is 0 Å². The smallest absolute Gasteiger partial charge is 0.215 e. The second-order valence-corrected chi connectivity index (χ2v) is 10.1. The summed E-state index contributed by atoms with van der Waals surface area (Å²) in [5.74, 6) is 0.308. The van der Waals surface area contributed by atoms with Gasteiger partial charge in [0.05, 0.1) is 11.4 Å². The minimum Gasteiger partial charge on any atom is -0.376 e. The van der Waals surface area contributed by atoms with E-state index < -0.39 is 33.0 Å². The van der Waals surface area contributed by atoms with Crippen LogP contribution in [0.25, 0.3) is 0 Å². The van der Waals surface area contributed by atoms with Gasteiger partial charge in [-0.15, -0.1) is 0 Å². The summed E-state index contributed by atoms with van der Waals surface area (Å²) in [6.45, 7) is 0.206. The van der Waals surface area contributed by atoms with Gasteiger partial charge in [-0.3, -0.25) is 0 Å². The van der Waals surface area contributed by atoms with E-state index in [0.717, 1.165) is 55.7 Å². The summed E-state index contributed by atoms with van der Waals surface area (Å²) in [5, 5.41) is 0. The molecular formula is C19H25F2NO3S. The average Bonchev–Trinajstić information content (AvgIpc) is 2.57. The first-order valence-electron chi connectivity index (χ1n) is 9.27. The molecule has 4 aliphatic rings. The van der Waals surface area contributed by atoms with Crippen molar-refractivity contribution in [1.29, 1.82) is 0 Å². The van der Waals surface area contributed by atoms with Crippen molar-refractivity contribution in [3.8, 4) is 0 Å². The molecule has 0 amide bonds. The molecule has 0 heterocycles. The topological polar surface area (TPSA) is 55.4 Å². The fourth-order valence-electron chi connectivity index (χ4n) is 5.81. The van der Waals surface area contributed by atoms with Crippen LogP contribution in [-0.4, -0.2) is 27.7 Å². The number of rotatable bonds is 6. The van der Waals surface area contributed by atoms with Gasteiger partial charge in [-0.2, -0.15) is 0 Å². The molecule has 4 bridgehead atoms. The quantitative estimate of drug-likeness (QED) is 0.818. The molecule has 0 unspecified atom stereocenters. The van der Waals surface area contributed by atoms with Gasteiger partial charge in [0.25, 0.3) is 0 Å². The zero-order valence-corrected chi connectivity index (χ0v) is 15.7. The molecule has 0 saturated heterocycles. The van der Waals surface area contributed by atoms with Gasteiger partial charge in [-0.05, 0) is 74.0 Å². The van der Waals surface area contributed by atoms with E-state index in [-0.39, 0.29) is 12.1 Å². The third-order valence-electron chi connectivity index (χ3n) is 6.82. The molecule has 7 heteroatoms. The van der Waals surface area contributed by atoms with Gasteiger partial charge in [-0.1, -0.05) is 0 Å².